The zero-order valence-corrected chi connectivity index (χ0v) is 16.4. The van der Waals surface area contributed by atoms with Crippen LogP contribution >= 0.6 is 0 Å². The quantitative estimate of drug-likeness (QED) is 0.811. The lowest BCUT2D eigenvalue weighted by atomic mass is 9.68. The summed E-state index contributed by atoms with van der Waals surface area (Å²) in [7, 11) is 1.61. The molecule has 0 bridgehead atoms. The Kier molecular flexibility index (Phi) is 4.56. The maximum Gasteiger partial charge on any atom is 0.276 e. The number of hydrogen-bond donors (Lipinski definition) is 1. The molecule has 4 rings (SSSR count). The van der Waals surface area contributed by atoms with Gasteiger partial charge in [0.05, 0.1) is 24.4 Å². The third-order valence-electron chi connectivity index (χ3n) is 5.98. The second-order valence-corrected chi connectivity index (χ2v) is 8.05. The van der Waals surface area contributed by atoms with Crippen LogP contribution in [0.1, 0.15) is 37.2 Å². The van der Waals surface area contributed by atoms with E-state index in [1.165, 1.54) is 0 Å². The summed E-state index contributed by atoms with van der Waals surface area (Å²) in [6.07, 6.45) is 3.41. The van der Waals surface area contributed by atoms with E-state index in [1.54, 1.807) is 18.0 Å². The van der Waals surface area contributed by atoms with E-state index in [0.717, 1.165) is 18.5 Å². The maximum absolute atomic E-state index is 12.8. The summed E-state index contributed by atoms with van der Waals surface area (Å²) in [6.45, 7) is 5.31. The molecule has 8 heteroatoms. The molecule has 1 aromatic carbocycles. The number of methoxy groups -OCH3 is 1. The molecule has 2 amide bonds. The predicted molar refractivity (Wildman–Crippen MR) is 102 cm³/mol. The Morgan fingerprint density at radius 3 is 2.68 bits per heavy atom. The van der Waals surface area contributed by atoms with Crippen molar-refractivity contribution < 1.29 is 14.3 Å². The first kappa shape index (κ1) is 18.5. The van der Waals surface area contributed by atoms with Gasteiger partial charge in [-0.2, -0.15) is 0 Å². The number of ether oxygens (including phenoxy) is 1. The summed E-state index contributed by atoms with van der Waals surface area (Å²) in [5, 5.41) is 11.2. The summed E-state index contributed by atoms with van der Waals surface area (Å²) in [5.74, 6) is 1.13. The van der Waals surface area contributed by atoms with Crippen molar-refractivity contribution in [3.63, 3.8) is 0 Å². The van der Waals surface area contributed by atoms with E-state index < -0.39 is 0 Å². The van der Waals surface area contributed by atoms with Gasteiger partial charge in [0.15, 0.2) is 5.69 Å². The lowest BCUT2D eigenvalue weighted by Gasteiger charge is -2.50. The number of rotatable bonds is 4. The second kappa shape index (κ2) is 6.92. The lowest BCUT2D eigenvalue weighted by molar-refractivity contribution is -0.146. The van der Waals surface area contributed by atoms with Crippen molar-refractivity contribution in [1.29, 1.82) is 0 Å². The van der Waals surface area contributed by atoms with Crippen LogP contribution in [0, 0.1) is 11.3 Å². The van der Waals surface area contributed by atoms with Crippen molar-refractivity contribution in [3.8, 4) is 11.4 Å². The first-order valence-electron chi connectivity index (χ1n) is 9.57. The number of carbonyl (C=O) groups is 2. The van der Waals surface area contributed by atoms with E-state index in [4.69, 9.17) is 4.74 Å². The number of aromatic nitrogens is 3. The fourth-order valence-electron chi connectivity index (χ4n) is 4.12. The monoisotopic (exact) mass is 383 g/mol. The van der Waals surface area contributed by atoms with E-state index in [2.05, 4.69) is 15.6 Å². The number of hydrogen-bond acceptors (Lipinski definition) is 5. The van der Waals surface area contributed by atoms with Gasteiger partial charge in [0.2, 0.25) is 5.91 Å². The highest BCUT2D eigenvalue weighted by Gasteiger charge is 2.51. The zero-order valence-electron chi connectivity index (χ0n) is 16.4. The van der Waals surface area contributed by atoms with Crippen LogP contribution in [0.15, 0.2) is 30.5 Å². The minimum absolute atomic E-state index is 0.107. The van der Waals surface area contributed by atoms with Crippen molar-refractivity contribution in [2.45, 2.75) is 32.7 Å². The van der Waals surface area contributed by atoms with Crippen LogP contribution in [0.4, 0.5) is 0 Å². The van der Waals surface area contributed by atoms with Crippen LogP contribution in [0.5, 0.6) is 5.75 Å². The first-order chi connectivity index (χ1) is 13.4. The molecule has 2 aliphatic heterocycles. The van der Waals surface area contributed by atoms with Gasteiger partial charge in [-0.15, -0.1) is 5.10 Å². The Labute approximate surface area is 163 Å². The molecule has 0 saturated carbocycles. The van der Waals surface area contributed by atoms with E-state index in [0.29, 0.717) is 30.5 Å². The first-order valence-corrected chi connectivity index (χ1v) is 9.57. The fourth-order valence-corrected chi connectivity index (χ4v) is 4.12. The Balaban J connectivity index is 1.40. The Morgan fingerprint density at radius 2 is 2.04 bits per heavy atom. The Hall–Kier alpha value is -2.90. The van der Waals surface area contributed by atoms with Gasteiger partial charge in [0.25, 0.3) is 5.91 Å². The average molecular weight is 383 g/mol. The Morgan fingerprint density at radius 1 is 1.29 bits per heavy atom. The molecule has 0 radical (unpaired) electrons. The van der Waals surface area contributed by atoms with Crippen LogP contribution in [-0.2, 0) is 4.79 Å². The number of piperidine rings is 1. The molecule has 2 saturated heterocycles. The van der Waals surface area contributed by atoms with E-state index >= 15 is 0 Å². The summed E-state index contributed by atoms with van der Waals surface area (Å²) in [5.41, 5.74) is 0.808. The van der Waals surface area contributed by atoms with Crippen molar-refractivity contribution in [3.05, 3.63) is 36.2 Å². The van der Waals surface area contributed by atoms with Gasteiger partial charge in [-0.1, -0.05) is 11.3 Å². The number of nitrogens with zero attached hydrogens (tertiary/aromatic N) is 4. The number of carbonyl (C=O) groups excluding carboxylic acids is 2. The molecule has 148 valence electrons. The summed E-state index contributed by atoms with van der Waals surface area (Å²) < 4.78 is 6.81. The SMILES string of the molecule is COc1cccc(-n2cc(C(=O)N3CCC(C4NC(=O)C4(C)C)CC3)nn2)c1. The number of β-lactam (4-membered cyclic amide) rings is 1. The van der Waals surface area contributed by atoms with Gasteiger partial charge in [-0.3, -0.25) is 9.59 Å². The third-order valence-corrected chi connectivity index (χ3v) is 5.98. The Bertz CT molecular complexity index is 899. The molecule has 3 heterocycles. The molecule has 2 aromatic rings. The maximum atomic E-state index is 12.8. The van der Waals surface area contributed by atoms with Gasteiger partial charge in [-0.25, -0.2) is 4.68 Å². The second-order valence-electron chi connectivity index (χ2n) is 8.05. The molecule has 1 aromatic heterocycles. The molecule has 0 spiro atoms. The van der Waals surface area contributed by atoms with Crippen LogP contribution in [0.3, 0.4) is 0 Å². The van der Waals surface area contributed by atoms with Gasteiger partial charge >= 0.3 is 0 Å². The number of amides is 2. The molecule has 1 atom stereocenters. The van der Waals surface area contributed by atoms with E-state index in [1.807, 2.05) is 43.0 Å². The van der Waals surface area contributed by atoms with Crippen molar-refractivity contribution >= 4 is 11.8 Å². The topological polar surface area (TPSA) is 89.4 Å². The van der Waals surface area contributed by atoms with Crippen molar-refractivity contribution in [2.75, 3.05) is 20.2 Å². The minimum Gasteiger partial charge on any atom is -0.497 e. The number of likely N-dealkylation sites (tertiary alicyclic amines) is 1. The minimum atomic E-state index is -0.309. The van der Waals surface area contributed by atoms with Crippen LogP contribution in [-0.4, -0.2) is 57.9 Å². The summed E-state index contributed by atoms with van der Waals surface area (Å²) in [4.78, 5) is 26.4. The highest BCUT2D eigenvalue weighted by Crippen LogP contribution is 2.38. The van der Waals surface area contributed by atoms with Crippen molar-refractivity contribution in [1.82, 2.24) is 25.2 Å². The van der Waals surface area contributed by atoms with Crippen LogP contribution in [0.25, 0.3) is 5.69 Å². The largest absolute Gasteiger partial charge is 0.497 e. The molecule has 2 fully saturated rings. The summed E-state index contributed by atoms with van der Waals surface area (Å²) >= 11 is 0. The van der Waals surface area contributed by atoms with Gasteiger partial charge in [0.1, 0.15) is 5.75 Å². The molecular formula is C20H25N5O3. The lowest BCUT2D eigenvalue weighted by Crippen LogP contribution is -2.68. The molecular weight excluding hydrogens is 358 g/mol. The third kappa shape index (κ3) is 3.12. The average Bonchev–Trinajstić information content (AvgIpc) is 3.22. The van der Waals surface area contributed by atoms with E-state index in [9.17, 15) is 9.59 Å². The fraction of sp³-hybridized carbons (Fsp3) is 0.500. The normalized spacial score (nSPS) is 21.8. The standard InChI is InChI=1S/C20H25N5O3/c1-20(2)17(21-19(20)27)13-7-9-24(10-8-13)18(26)16-12-25(23-22-16)14-5-4-6-15(11-14)28-3/h4-6,11-13,17H,7-10H2,1-3H3,(H,21,27). The molecule has 0 aliphatic carbocycles. The van der Waals surface area contributed by atoms with E-state index in [-0.39, 0.29) is 23.3 Å². The number of benzene rings is 1. The smallest absolute Gasteiger partial charge is 0.276 e. The molecule has 2 aliphatic rings. The molecule has 1 unspecified atom stereocenters. The van der Waals surface area contributed by atoms with Gasteiger partial charge in [0, 0.05) is 25.2 Å². The molecule has 8 nitrogen and oxygen atoms in total. The van der Waals surface area contributed by atoms with Crippen LogP contribution in [0.2, 0.25) is 0 Å². The highest BCUT2D eigenvalue weighted by atomic mass is 16.5. The van der Waals surface area contributed by atoms with Crippen LogP contribution < -0.4 is 10.1 Å². The summed E-state index contributed by atoms with van der Waals surface area (Å²) in [6, 6.07) is 7.63. The predicted octanol–water partition coefficient (Wildman–Crippen LogP) is 1.65. The zero-order chi connectivity index (χ0) is 19.9. The highest BCUT2D eigenvalue weighted by molar-refractivity contribution is 5.92. The molecule has 1 N–H and O–H groups in total. The number of nitrogens with one attached hydrogen (secondary N) is 1. The van der Waals surface area contributed by atoms with Gasteiger partial charge in [-0.05, 0) is 44.7 Å². The molecule has 28 heavy (non-hydrogen) atoms. The van der Waals surface area contributed by atoms with Gasteiger partial charge < -0.3 is 15.0 Å². The van der Waals surface area contributed by atoms with Crippen molar-refractivity contribution in [2.24, 2.45) is 11.3 Å².